The largest absolute Gasteiger partial charge is 0.482 e. The smallest absolute Gasteiger partial charge is 0.248 e. The standard InChI is InChI=1S/C17H21N3O4/c1-19-8-14(7-18-19)24-16-10-20(9-15(16)21)17(22)12-23-11-13-5-3-2-4-6-13/h2-8,15-16,21H,9-12H2,1H3/t15-,16-/m1/s1. The molecule has 2 atom stereocenters. The van der Waals surface area contributed by atoms with Crippen LogP contribution in [0.15, 0.2) is 42.7 Å². The van der Waals surface area contributed by atoms with Crippen molar-refractivity contribution in [3.63, 3.8) is 0 Å². The average Bonchev–Trinajstić information content (AvgIpc) is 3.15. The number of carbonyl (C=O) groups is 1. The van der Waals surface area contributed by atoms with E-state index in [1.807, 2.05) is 30.3 Å². The van der Waals surface area contributed by atoms with Crippen molar-refractivity contribution in [3.05, 3.63) is 48.3 Å². The van der Waals surface area contributed by atoms with E-state index in [0.717, 1.165) is 5.56 Å². The van der Waals surface area contributed by atoms with Gasteiger partial charge in [0, 0.05) is 7.05 Å². The average molecular weight is 331 g/mol. The fraction of sp³-hybridized carbons (Fsp3) is 0.412. The van der Waals surface area contributed by atoms with Crippen molar-refractivity contribution in [2.24, 2.45) is 7.05 Å². The summed E-state index contributed by atoms with van der Waals surface area (Å²) in [4.78, 5) is 13.8. The maximum Gasteiger partial charge on any atom is 0.248 e. The van der Waals surface area contributed by atoms with Crippen molar-refractivity contribution >= 4 is 5.91 Å². The second-order valence-corrected chi connectivity index (χ2v) is 5.85. The van der Waals surface area contributed by atoms with Gasteiger partial charge >= 0.3 is 0 Å². The minimum Gasteiger partial charge on any atom is -0.482 e. The van der Waals surface area contributed by atoms with Crippen molar-refractivity contribution in [1.29, 1.82) is 0 Å². The first kappa shape index (κ1) is 16.5. The van der Waals surface area contributed by atoms with E-state index >= 15 is 0 Å². The summed E-state index contributed by atoms with van der Waals surface area (Å²) in [5.74, 6) is 0.429. The zero-order chi connectivity index (χ0) is 16.9. The van der Waals surface area contributed by atoms with Crippen molar-refractivity contribution in [1.82, 2.24) is 14.7 Å². The molecule has 2 heterocycles. The number of amides is 1. The predicted octanol–water partition coefficient (Wildman–Crippen LogP) is 0.587. The number of rotatable bonds is 6. The van der Waals surface area contributed by atoms with E-state index in [1.54, 1.807) is 29.0 Å². The lowest BCUT2D eigenvalue weighted by atomic mass is 10.2. The lowest BCUT2D eigenvalue weighted by Crippen LogP contribution is -2.33. The summed E-state index contributed by atoms with van der Waals surface area (Å²) >= 11 is 0. The maximum atomic E-state index is 12.2. The highest BCUT2D eigenvalue weighted by molar-refractivity contribution is 5.77. The molecule has 1 amide bonds. The van der Waals surface area contributed by atoms with E-state index in [2.05, 4.69) is 5.10 Å². The highest BCUT2D eigenvalue weighted by Gasteiger charge is 2.35. The van der Waals surface area contributed by atoms with E-state index < -0.39 is 12.2 Å². The summed E-state index contributed by atoms with van der Waals surface area (Å²) in [7, 11) is 1.79. The van der Waals surface area contributed by atoms with Gasteiger partial charge in [-0.05, 0) is 5.56 Å². The van der Waals surface area contributed by atoms with Gasteiger partial charge in [-0.1, -0.05) is 30.3 Å². The molecule has 0 saturated carbocycles. The number of nitrogens with zero attached hydrogens (tertiary/aromatic N) is 3. The minimum absolute atomic E-state index is 0.0127. The molecule has 3 rings (SSSR count). The van der Waals surface area contributed by atoms with Crippen LogP contribution in [0, 0.1) is 0 Å². The van der Waals surface area contributed by atoms with Crippen LogP contribution in [-0.2, 0) is 23.2 Å². The summed E-state index contributed by atoms with van der Waals surface area (Å²) in [6.07, 6.45) is 2.14. The Morgan fingerprint density at radius 2 is 2.12 bits per heavy atom. The fourth-order valence-electron chi connectivity index (χ4n) is 2.63. The molecule has 0 unspecified atom stereocenters. The Morgan fingerprint density at radius 1 is 1.33 bits per heavy atom. The van der Waals surface area contributed by atoms with Crippen LogP contribution in [0.3, 0.4) is 0 Å². The van der Waals surface area contributed by atoms with Crippen LogP contribution in [0.5, 0.6) is 5.75 Å². The van der Waals surface area contributed by atoms with E-state index in [9.17, 15) is 9.90 Å². The number of benzene rings is 1. The molecule has 1 aliphatic rings. The van der Waals surface area contributed by atoms with Crippen molar-refractivity contribution in [2.45, 2.75) is 18.8 Å². The van der Waals surface area contributed by atoms with Crippen LogP contribution >= 0.6 is 0 Å². The first-order chi connectivity index (χ1) is 11.6. The Morgan fingerprint density at radius 3 is 2.83 bits per heavy atom. The van der Waals surface area contributed by atoms with Gasteiger partial charge in [0.25, 0.3) is 0 Å². The molecule has 0 spiro atoms. The third kappa shape index (κ3) is 4.12. The van der Waals surface area contributed by atoms with Crippen LogP contribution in [0.1, 0.15) is 5.56 Å². The fourth-order valence-corrected chi connectivity index (χ4v) is 2.63. The molecular weight excluding hydrogens is 310 g/mol. The number of hydrogen-bond donors (Lipinski definition) is 1. The SMILES string of the molecule is Cn1cc(O[C@@H]2CN(C(=O)COCc3ccccc3)C[C@H]2O)cn1. The summed E-state index contributed by atoms with van der Waals surface area (Å²) in [5, 5.41) is 14.1. The molecule has 1 aromatic carbocycles. The van der Waals surface area contributed by atoms with Gasteiger partial charge < -0.3 is 19.5 Å². The molecule has 2 aromatic rings. The number of aromatic nitrogens is 2. The van der Waals surface area contributed by atoms with E-state index in [0.29, 0.717) is 18.9 Å². The molecule has 128 valence electrons. The van der Waals surface area contributed by atoms with Gasteiger partial charge in [0.2, 0.25) is 5.91 Å². The number of hydrogen-bond acceptors (Lipinski definition) is 5. The molecule has 1 fully saturated rings. The Bertz CT molecular complexity index is 673. The Hall–Kier alpha value is -2.38. The second-order valence-electron chi connectivity index (χ2n) is 5.85. The number of aryl methyl sites for hydroxylation is 1. The number of aliphatic hydroxyl groups is 1. The van der Waals surface area contributed by atoms with Crippen LogP contribution in [0.25, 0.3) is 0 Å². The van der Waals surface area contributed by atoms with Gasteiger partial charge in [0.1, 0.15) is 18.8 Å². The molecule has 7 nitrogen and oxygen atoms in total. The second kappa shape index (κ2) is 7.46. The topological polar surface area (TPSA) is 76.8 Å². The highest BCUT2D eigenvalue weighted by atomic mass is 16.5. The zero-order valence-corrected chi connectivity index (χ0v) is 13.5. The van der Waals surface area contributed by atoms with Crippen LogP contribution < -0.4 is 4.74 Å². The number of carbonyl (C=O) groups excluding carboxylic acids is 1. The summed E-state index contributed by atoms with van der Waals surface area (Å²) in [5.41, 5.74) is 1.02. The molecule has 24 heavy (non-hydrogen) atoms. The van der Waals surface area contributed by atoms with Crippen LogP contribution in [0.2, 0.25) is 0 Å². The molecule has 0 aliphatic carbocycles. The quantitative estimate of drug-likeness (QED) is 0.838. The number of β-amino-alcohol motifs (C(OH)–C–C–N with tert-alkyl or cyclic N) is 1. The van der Waals surface area contributed by atoms with E-state index in [1.165, 1.54) is 0 Å². The highest BCUT2D eigenvalue weighted by Crippen LogP contribution is 2.18. The number of aliphatic hydroxyl groups excluding tert-OH is 1. The minimum atomic E-state index is -0.719. The lowest BCUT2D eigenvalue weighted by Gasteiger charge is -2.16. The van der Waals surface area contributed by atoms with Gasteiger partial charge in [-0.25, -0.2) is 0 Å². The summed E-state index contributed by atoms with van der Waals surface area (Å²) < 4.78 is 12.8. The predicted molar refractivity (Wildman–Crippen MR) is 86.3 cm³/mol. The molecule has 1 N–H and O–H groups in total. The first-order valence-electron chi connectivity index (χ1n) is 7.84. The van der Waals surface area contributed by atoms with Gasteiger partial charge in [-0.3, -0.25) is 9.48 Å². The maximum absolute atomic E-state index is 12.2. The Labute approximate surface area is 140 Å². The van der Waals surface area contributed by atoms with Crippen LogP contribution in [0.4, 0.5) is 0 Å². The van der Waals surface area contributed by atoms with Crippen molar-refractivity contribution in [3.8, 4) is 5.75 Å². The summed E-state index contributed by atoms with van der Waals surface area (Å²) in [6, 6.07) is 9.68. The van der Waals surface area contributed by atoms with Gasteiger partial charge in [0.15, 0.2) is 5.75 Å². The van der Waals surface area contributed by atoms with Gasteiger partial charge in [-0.2, -0.15) is 5.10 Å². The molecule has 1 saturated heterocycles. The van der Waals surface area contributed by atoms with E-state index in [-0.39, 0.29) is 19.1 Å². The molecular formula is C17H21N3O4. The number of likely N-dealkylation sites (tertiary alicyclic amines) is 1. The molecule has 7 heteroatoms. The molecule has 0 radical (unpaired) electrons. The third-order valence-electron chi connectivity index (χ3n) is 3.90. The number of ether oxygens (including phenoxy) is 2. The van der Waals surface area contributed by atoms with Gasteiger partial charge in [-0.15, -0.1) is 0 Å². The van der Waals surface area contributed by atoms with Crippen LogP contribution in [-0.4, -0.2) is 57.6 Å². The van der Waals surface area contributed by atoms with Crippen molar-refractivity contribution in [2.75, 3.05) is 19.7 Å². The lowest BCUT2D eigenvalue weighted by molar-refractivity contribution is -0.136. The molecule has 1 aromatic heterocycles. The Kier molecular flexibility index (Phi) is 5.12. The molecule has 0 bridgehead atoms. The van der Waals surface area contributed by atoms with Crippen molar-refractivity contribution < 1.29 is 19.4 Å². The summed E-state index contributed by atoms with van der Waals surface area (Å²) in [6.45, 7) is 0.960. The monoisotopic (exact) mass is 331 g/mol. The molecule has 1 aliphatic heterocycles. The van der Waals surface area contributed by atoms with E-state index in [4.69, 9.17) is 9.47 Å². The normalized spacial score (nSPS) is 20.3. The Balaban J connectivity index is 1.46. The third-order valence-corrected chi connectivity index (χ3v) is 3.90. The first-order valence-corrected chi connectivity index (χ1v) is 7.84. The zero-order valence-electron chi connectivity index (χ0n) is 13.5. The van der Waals surface area contributed by atoms with Gasteiger partial charge in [0.05, 0.1) is 32.1 Å².